The van der Waals surface area contributed by atoms with E-state index in [-0.39, 0.29) is 0 Å². The number of aryl methyl sites for hydroxylation is 1. The van der Waals surface area contributed by atoms with Gasteiger partial charge in [0.15, 0.2) is 0 Å². The summed E-state index contributed by atoms with van der Waals surface area (Å²) < 4.78 is 0. The second kappa shape index (κ2) is 4.09. The number of nitrogens with zero attached hydrogens (tertiary/aromatic N) is 1. The van der Waals surface area contributed by atoms with Crippen molar-refractivity contribution in [2.45, 2.75) is 19.9 Å². The SMILES string of the molecule is CCc1cccc(CNC)n1. The maximum atomic E-state index is 4.42. The first kappa shape index (κ1) is 8.21. The number of hydrogen-bond acceptors (Lipinski definition) is 2. The molecule has 0 saturated carbocycles. The molecule has 2 nitrogen and oxygen atoms in total. The van der Waals surface area contributed by atoms with Crippen LogP contribution in [-0.4, -0.2) is 12.0 Å². The fourth-order valence-corrected chi connectivity index (χ4v) is 1.01. The molecule has 2 heteroatoms. The zero-order valence-corrected chi connectivity index (χ0v) is 7.09. The number of nitrogens with one attached hydrogen (secondary N) is 1. The van der Waals surface area contributed by atoms with Crippen molar-refractivity contribution in [3.63, 3.8) is 0 Å². The Balaban J connectivity index is 2.74. The highest BCUT2D eigenvalue weighted by Gasteiger charge is 1.92. The van der Waals surface area contributed by atoms with Crippen molar-refractivity contribution in [1.29, 1.82) is 0 Å². The fourth-order valence-electron chi connectivity index (χ4n) is 1.01. The summed E-state index contributed by atoms with van der Waals surface area (Å²) in [6.07, 6.45) is 1.01. The quantitative estimate of drug-likeness (QED) is 0.703. The number of rotatable bonds is 3. The Morgan fingerprint density at radius 2 is 2.09 bits per heavy atom. The minimum absolute atomic E-state index is 0.855. The molecule has 0 radical (unpaired) electrons. The molecule has 0 unspecified atom stereocenters. The summed E-state index contributed by atoms with van der Waals surface area (Å²) in [5, 5.41) is 3.07. The molecule has 11 heavy (non-hydrogen) atoms. The number of pyridine rings is 1. The van der Waals surface area contributed by atoms with Crippen LogP contribution in [0.15, 0.2) is 18.2 Å². The minimum Gasteiger partial charge on any atom is -0.314 e. The van der Waals surface area contributed by atoms with Crippen LogP contribution in [0.3, 0.4) is 0 Å². The summed E-state index contributed by atoms with van der Waals surface area (Å²) in [5.74, 6) is 0. The lowest BCUT2D eigenvalue weighted by Crippen LogP contribution is -2.07. The zero-order chi connectivity index (χ0) is 8.10. The highest BCUT2D eigenvalue weighted by atomic mass is 14.8. The molecular formula is C9H14N2. The molecule has 60 valence electrons. The van der Waals surface area contributed by atoms with Gasteiger partial charge in [-0.15, -0.1) is 0 Å². The van der Waals surface area contributed by atoms with Crippen LogP contribution >= 0.6 is 0 Å². The molecule has 0 atom stereocenters. The number of aromatic nitrogens is 1. The van der Waals surface area contributed by atoms with Crippen molar-refractivity contribution in [2.24, 2.45) is 0 Å². The molecule has 0 bridgehead atoms. The van der Waals surface area contributed by atoms with Crippen molar-refractivity contribution in [3.05, 3.63) is 29.6 Å². The van der Waals surface area contributed by atoms with Gasteiger partial charge >= 0.3 is 0 Å². The van der Waals surface area contributed by atoms with Gasteiger partial charge in [0.05, 0.1) is 5.69 Å². The van der Waals surface area contributed by atoms with Gasteiger partial charge in [0.1, 0.15) is 0 Å². The molecule has 1 aromatic heterocycles. The lowest BCUT2D eigenvalue weighted by molar-refractivity contribution is 0.782. The summed E-state index contributed by atoms with van der Waals surface area (Å²) in [5.41, 5.74) is 2.28. The van der Waals surface area contributed by atoms with Gasteiger partial charge in [-0.3, -0.25) is 4.98 Å². The van der Waals surface area contributed by atoms with Gasteiger partial charge in [-0.1, -0.05) is 13.0 Å². The van der Waals surface area contributed by atoms with E-state index in [4.69, 9.17) is 0 Å². The van der Waals surface area contributed by atoms with E-state index < -0.39 is 0 Å². The van der Waals surface area contributed by atoms with E-state index >= 15 is 0 Å². The third kappa shape index (κ3) is 2.31. The Morgan fingerprint density at radius 1 is 1.36 bits per heavy atom. The molecule has 1 rings (SSSR count). The van der Waals surface area contributed by atoms with Crippen molar-refractivity contribution in [2.75, 3.05) is 7.05 Å². The van der Waals surface area contributed by atoms with E-state index in [1.54, 1.807) is 0 Å². The summed E-state index contributed by atoms with van der Waals surface area (Å²) in [7, 11) is 1.93. The normalized spacial score (nSPS) is 10.0. The fraction of sp³-hybridized carbons (Fsp3) is 0.444. The van der Waals surface area contributed by atoms with Crippen LogP contribution in [0.4, 0.5) is 0 Å². The van der Waals surface area contributed by atoms with E-state index in [9.17, 15) is 0 Å². The van der Waals surface area contributed by atoms with Crippen LogP contribution in [0.2, 0.25) is 0 Å². The van der Waals surface area contributed by atoms with E-state index in [1.165, 1.54) is 0 Å². The summed E-state index contributed by atoms with van der Waals surface area (Å²) in [6, 6.07) is 6.15. The molecule has 0 aliphatic heterocycles. The second-order valence-electron chi connectivity index (χ2n) is 2.50. The van der Waals surface area contributed by atoms with Crippen LogP contribution < -0.4 is 5.32 Å². The lowest BCUT2D eigenvalue weighted by atomic mass is 10.2. The first-order valence-electron chi connectivity index (χ1n) is 3.96. The Bertz CT molecular complexity index is 221. The van der Waals surface area contributed by atoms with Crippen LogP contribution in [0.5, 0.6) is 0 Å². The van der Waals surface area contributed by atoms with Crippen LogP contribution in [-0.2, 0) is 13.0 Å². The molecule has 0 aromatic carbocycles. The molecule has 0 spiro atoms. The number of hydrogen-bond donors (Lipinski definition) is 1. The average molecular weight is 150 g/mol. The monoisotopic (exact) mass is 150 g/mol. The van der Waals surface area contributed by atoms with Crippen molar-refractivity contribution < 1.29 is 0 Å². The highest BCUT2D eigenvalue weighted by molar-refractivity contribution is 5.10. The molecular weight excluding hydrogens is 136 g/mol. The van der Waals surface area contributed by atoms with Crippen LogP contribution in [0.25, 0.3) is 0 Å². The van der Waals surface area contributed by atoms with Gasteiger partial charge < -0.3 is 5.32 Å². The Hall–Kier alpha value is -0.890. The molecule has 0 fully saturated rings. The Kier molecular flexibility index (Phi) is 3.05. The molecule has 1 aromatic rings. The third-order valence-electron chi connectivity index (χ3n) is 1.58. The summed E-state index contributed by atoms with van der Waals surface area (Å²) in [4.78, 5) is 4.42. The Morgan fingerprint density at radius 3 is 2.73 bits per heavy atom. The van der Waals surface area contributed by atoms with Crippen molar-refractivity contribution in [3.8, 4) is 0 Å². The van der Waals surface area contributed by atoms with E-state index in [0.29, 0.717) is 0 Å². The Labute approximate surface area is 67.7 Å². The van der Waals surface area contributed by atoms with Crippen LogP contribution in [0.1, 0.15) is 18.3 Å². The van der Waals surface area contributed by atoms with Gasteiger partial charge in [-0.05, 0) is 25.6 Å². The average Bonchev–Trinajstić information content (AvgIpc) is 2.06. The minimum atomic E-state index is 0.855. The first-order valence-corrected chi connectivity index (χ1v) is 3.96. The molecule has 1 heterocycles. The molecule has 0 aliphatic rings. The highest BCUT2D eigenvalue weighted by Crippen LogP contribution is 1.99. The largest absolute Gasteiger partial charge is 0.314 e. The maximum absolute atomic E-state index is 4.42. The maximum Gasteiger partial charge on any atom is 0.0544 e. The summed E-state index contributed by atoms with van der Waals surface area (Å²) in [6.45, 7) is 2.97. The van der Waals surface area contributed by atoms with Gasteiger partial charge in [0.25, 0.3) is 0 Å². The van der Waals surface area contributed by atoms with Gasteiger partial charge in [0.2, 0.25) is 0 Å². The van der Waals surface area contributed by atoms with Gasteiger partial charge in [-0.25, -0.2) is 0 Å². The van der Waals surface area contributed by atoms with Crippen LogP contribution in [0, 0.1) is 0 Å². The third-order valence-corrected chi connectivity index (χ3v) is 1.58. The van der Waals surface area contributed by atoms with E-state index in [1.807, 2.05) is 13.1 Å². The predicted octanol–water partition coefficient (Wildman–Crippen LogP) is 1.36. The van der Waals surface area contributed by atoms with E-state index in [0.717, 1.165) is 24.4 Å². The summed E-state index contributed by atoms with van der Waals surface area (Å²) >= 11 is 0. The zero-order valence-electron chi connectivity index (χ0n) is 7.09. The van der Waals surface area contributed by atoms with Gasteiger partial charge in [0, 0.05) is 12.2 Å². The molecule has 0 aliphatic carbocycles. The van der Waals surface area contributed by atoms with E-state index in [2.05, 4.69) is 29.4 Å². The van der Waals surface area contributed by atoms with Crippen molar-refractivity contribution in [1.82, 2.24) is 10.3 Å². The topological polar surface area (TPSA) is 24.9 Å². The standard InChI is InChI=1S/C9H14N2/c1-3-8-5-4-6-9(11-8)7-10-2/h4-6,10H,3,7H2,1-2H3. The second-order valence-corrected chi connectivity index (χ2v) is 2.50. The first-order chi connectivity index (χ1) is 5.36. The van der Waals surface area contributed by atoms with Crippen molar-refractivity contribution >= 4 is 0 Å². The van der Waals surface area contributed by atoms with Gasteiger partial charge in [-0.2, -0.15) is 0 Å². The molecule has 0 saturated heterocycles. The lowest BCUT2D eigenvalue weighted by Gasteiger charge is -2.00. The predicted molar refractivity (Wildman–Crippen MR) is 46.4 cm³/mol. The molecule has 1 N–H and O–H groups in total. The smallest absolute Gasteiger partial charge is 0.0544 e. The molecule has 0 amide bonds.